The van der Waals surface area contributed by atoms with Gasteiger partial charge in [0.05, 0.1) is 6.42 Å². The van der Waals surface area contributed by atoms with Crippen LogP contribution in [0, 0.1) is 0 Å². The molecule has 19 heavy (non-hydrogen) atoms. The number of halogens is 6. The Morgan fingerprint density at radius 3 is 2.21 bits per heavy atom. The summed E-state index contributed by atoms with van der Waals surface area (Å²) >= 11 is 0. The lowest BCUT2D eigenvalue weighted by Gasteiger charge is -2.11. The van der Waals surface area contributed by atoms with Crippen molar-refractivity contribution >= 4 is 5.97 Å². The molecule has 1 aromatic heterocycles. The average molecular weight is 288 g/mol. The molecule has 0 radical (unpaired) electrons. The Labute approximate surface area is 102 Å². The number of aryl methyl sites for hydroxylation is 1. The molecule has 0 aliphatic rings. The molecule has 1 rings (SSSR count). The number of hydrogen-bond donors (Lipinski definition) is 1. The minimum atomic E-state index is -5.08. The van der Waals surface area contributed by atoms with Crippen molar-refractivity contribution in [3.05, 3.63) is 23.3 Å². The van der Waals surface area contributed by atoms with Crippen LogP contribution < -0.4 is 0 Å². The molecule has 10 heteroatoms. The van der Waals surface area contributed by atoms with E-state index in [0.29, 0.717) is 6.20 Å². The predicted molar refractivity (Wildman–Crippen MR) is 48.4 cm³/mol. The fraction of sp³-hybridized carbons (Fsp3) is 0.444. The second kappa shape index (κ2) is 5.02. The Balaban J connectivity index is 3.09. The van der Waals surface area contributed by atoms with Crippen molar-refractivity contribution < 1.29 is 36.2 Å². The molecular formula is C9H6F6N2O2. The number of aromatic nitrogens is 2. The van der Waals surface area contributed by atoms with E-state index in [-0.39, 0.29) is 0 Å². The molecule has 0 unspecified atom stereocenters. The van der Waals surface area contributed by atoms with Crippen LogP contribution in [0.2, 0.25) is 0 Å². The van der Waals surface area contributed by atoms with Crippen LogP contribution in [-0.2, 0) is 12.6 Å². The second-order valence-electron chi connectivity index (χ2n) is 3.47. The van der Waals surface area contributed by atoms with Crippen molar-refractivity contribution in [2.75, 3.05) is 0 Å². The molecule has 0 atom stereocenters. The normalized spacial score (nSPS) is 12.5. The lowest BCUT2D eigenvalue weighted by atomic mass is 10.2. The lowest BCUT2D eigenvalue weighted by Crippen LogP contribution is -2.18. The van der Waals surface area contributed by atoms with Gasteiger partial charge in [-0.1, -0.05) is 0 Å². The summed E-state index contributed by atoms with van der Waals surface area (Å²) in [5.41, 5.74) is -2.96. The Hall–Kier alpha value is -1.87. The molecule has 0 fully saturated rings. The van der Waals surface area contributed by atoms with E-state index in [2.05, 4.69) is 9.97 Å². The first-order valence-corrected chi connectivity index (χ1v) is 4.74. The van der Waals surface area contributed by atoms with Crippen LogP contribution in [0.3, 0.4) is 0 Å². The Bertz CT molecular complexity index is 483. The Morgan fingerprint density at radius 2 is 1.79 bits per heavy atom. The van der Waals surface area contributed by atoms with Gasteiger partial charge in [-0.05, 0) is 0 Å². The molecule has 0 aromatic carbocycles. The molecule has 4 nitrogen and oxygen atoms in total. The molecule has 0 aliphatic carbocycles. The number of carbonyl (C=O) groups is 1. The minimum absolute atomic E-state index is 0.351. The van der Waals surface area contributed by atoms with Crippen molar-refractivity contribution in [1.82, 2.24) is 9.97 Å². The van der Waals surface area contributed by atoms with Crippen LogP contribution in [0.4, 0.5) is 26.3 Å². The van der Waals surface area contributed by atoms with Gasteiger partial charge < -0.3 is 5.11 Å². The molecule has 0 bridgehead atoms. The van der Waals surface area contributed by atoms with Gasteiger partial charge in [0.1, 0.15) is 11.4 Å². The van der Waals surface area contributed by atoms with Crippen molar-refractivity contribution in [3.63, 3.8) is 0 Å². The minimum Gasteiger partial charge on any atom is -0.478 e. The summed E-state index contributed by atoms with van der Waals surface area (Å²) in [6.45, 7) is 0. The zero-order valence-corrected chi connectivity index (χ0v) is 9.01. The first kappa shape index (κ1) is 15.2. The molecular weight excluding hydrogens is 282 g/mol. The summed E-state index contributed by atoms with van der Waals surface area (Å²) in [6, 6.07) is 0. The Kier molecular flexibility index (Phi) is 4.01. The maximum absolute atomic E-state index is 12.5. The second-order valence-corrected chi connectivity index (χ2v) is 3.47. The van der Waals surface area contributed by atoms with Crippen LogP contribution in [0.1, 0.15) is 28.3 Å². The highest BCUT2D eigenvalue weighted by molar-refractivity contribution is 5.88. The van der Waals surface area contributed by atoms with E-state index in [1.54, 1.807) is 0 Å². The number of carboxylic acids is 1. The molecule has 1 heterocycles. The number of aromatic carboxylic acids is 1. The van der Waals surface area contributed by atoms with Gasteiger partial charge in [0.2, 0.25) is 0 Å². The van der Waals surface area contributed by atoms with Gasteiger partial charge in [0.25, 0.3) is 0 Å². The van der Waals surface area contributed by atoms with Gasteiger partial charge in [0.15, 0.2) is 5.69 Å². The third-order valence-electron chi connectivity index (χ3n) is 1.97. The zero-order chi connectivity index (χ0) is 14.8. The molecule has 0 aliphatic heterocycles. The quantitative estimate of drug-likeness (QED) is 0.869. The van der Waals surface area contributed by atoms with Crippen LogP contribution in [0.25, 0.3) is 0 Å². The van der Waals surface area contributed by atoms with Gasteiger partial charge >= 0.3 is 18.3 Å². The maximum Gasteiger partial charge on any atom is 0.434 e. The summed E-state index contributed by atoms with van der Waals surface area (Å²) < 4.78 is 73.2. The first-order valence-electron chi connectivity index (χ1n) is 4.74. The third-order valence-corrected chi connectivity index (χ3v) is 1.97. The van der Waals surface area contributed by atoms with E-state index in [0.717, 1.165) is 0 Å². The fourth-order valence-electron chi connectivity index (χ4n) is 1.16. The smallest absolute Gasteiger partial charge is 0.434 e. The zero-order valence-electron chi connectivity index (χ0n) is 9.01. The highest BCUT2D eigenvalue weighted by Gasteiger charge is 2.38. The van der Waals surface area contributed by atoms with Gasteiger partial charge in [-0.2, -0.15) is 26.3 Å². The van der Waals surface area contributed by atoms with Crippen LogP contribution in [0.15, 0.2) is 6.20 Å². The Morgan fingerprint density at radius 1 is 1.21 bits per heavy atom. The number of hydrogen-bond acceptors (Lipinski definition) is 3. The fourth-order valence-corrected chi connectivity index (χ4v) is 1.16. The van der Waals surface area contributed by atoms with Crippen LogP contribution >= 0.6 is 0 Å². The van der Waals surface area contributed by atoms with E-state index >= 15 is 0 Å². The number of alkyl halides is 6. The third kappa shape index (κ3) is 4.38. The summed E-state index contributed by atoms with van der Waals surface area (Å²) in [4.78, 5) is 16.6. The van der Waals surface area contributed by atoms with Gasteiger partial charge in [-0.3, -0.25) is 0 Å². The van der Waals surface area contributed by atoms with Crippen molar-refractivity contribution in [3.8, 4) is 0 Å². The van der Waals surface area contributed by atoms with E-state index in [9.17, 15) is 31.1 Å². The largest absolute Gasteiger partial charge is 0.478 e. The van der Waals surface area contributed by atoms with Crippen molar-refractivity contribution in [2.24, 2.45) is 0 Å². The average Bonchev–Trinajstić information content (AvgIpc) is 2.23. The summed E-state index contributed by atoms with van der Waals surface area (Å²) in [5, 5.41) is 8.52. The molecule has 106 valence electrons. The topological polar surface area (TPSA) is 63.1 Å². The maximum atomic E-state index is 12.5. The summed E-state index contributed by atoms with van der Waals surface area (Å²) in [6.07, 6.45) is -11.5. The van der Waals surface area contributed by atoms with E-state index in [1.165, 1.54) is 0 Å². The molecule has 0 saturated carbocycles. The highest BCUT2D eigenvalue weighted by atomic mass is 19.4. The van der Waals surface area contributed by atoms with Crippen molar-refractivity contribution in [2.45, 2.75) is 25.2 Å². The van der Waals surface area contributed by atoms with E-state index in [1.807, 2.05) is 0 Å². The molecule has 1 aromatic rings. The monoisotopic (exact) mass is 288 g/mol. The molecule has 0 amide bonds. The molecule has 0 spiro atoms. The van der Waals surface area contributed by atoms with Gasteiger partial charge in [-0.15, -0.1) is 0 Å². The van der Waals surface area contributed by atoms with Gasteiger partial charge in [0, 0.05) is 12.6 Å². The highest BCUT2D eigenvalue weighted by Crippen LogP contribution is 2.30. The van der Waals surface area contributed by atoms with Crippen LogP contribution in [-0.4, -0.2) is 27.2 Å². The SMILES string of the molecule is O=C(O)c1cnc(CCC(F)(F)F)nc1C(F)(F)F. The molecule has 1 N–H and O–H groups in total. The number of rotatable bonds is 3. The number of carboxylic acid groups (broad SMARTS) is 1. The van der Waals surface area contributed by atoms with E-state index in [4.69, 9.17) is 5.11 Å². The summed E-state index contributed by atoms with van der Waals surface area (Å²) in [7, 11) is 0. The molecule has 0 saturated heterocycles. The predicted octanol–water partition coefficient (Wildman–Crippen LogP) is 2.69. The van der Waals surface area contributed by atoms with Gasteiger partial charge in [-0.25, -0.2) is 14.8 Å². The first-order chi connectivity index (χ1) is 8.50. The standard InChI is InChI=1S/C9H6F6N2O2/c10-8(11,12)2-1-5-16-3-4(7(18)19)6(17-5)9(13,14)15/h3H,1-2H2,(H,18,19). The lowest BCUT2D eigenvalue weighted by molar-refractivity contribution is -0.142. The van der Waals surface area contributed by atoms with Crippen LogP contribution in [0.5, 0.6) is 0 Å². The number of nitrogens with zero attached hydrogens (tertiary/aromatic N) is 2. The van der Waals surface area contributed by atoms with Crippen molar-refractivity contribution in [1.29, 1.82) is 0 Å². The van der Waals surface area contributed by atoms with E-state index < -0.39 is 48.2 Å². The summed E-state index contributed by atoms with van der Waals surface area (Å²) in [5.74, 6) is -2.62.